The van der Waals surface area contributed by atoms with Gasteiger partial charge in [0.05, 0.1) is 26.3 Å². The topological polar surface area (TPSA) is 66.5 Å². The van der Waals surface area contributed by atoms with Crippen LogP contribution < -0.4 is 9.62 Å². The Kier molecular flexibility index (Phi) is 6.17. The molecule has 8 heteroatoms. The lowest BCUT2D eigenvalue weighted by Gasteiger charge is -2.20. The van der Waals surface area contributed by atoms with Crippen LogP contribution in [0.2, 0.25) is 10.0 Å². The fourth-order valence-corrected chi connectivity index (χ4v) is 4.18. The Hall–Kier alpha value is -2.54. The number of carbonyl (C=O) groups excluding carboxylic acids is 1. The van der Waals surface area contributed by atoms with Crippen molar-refractivity contribution in [1.29, 1.82) is 0 Å². The lowest BCUT2D eigenvalue weighted by molar-refractivity contribution is 0.102. The van der Waals surface area contributed by atoms with Gasteiger partial charge in [0.25, 0.3) is 15.9 Å². The smallest absolute Gasteiger partial charge is 0.264 e. The van der Waals surface area contributed by atoms with Crippen LogP contribution in [-0.4, -0.2) is 21.4 Å². The van der Waals surface area contributed by atoms with Crippen molar-refractivity contribution in [3.63, 3.8) is 0 Å². The Balaban J connectivity index is 1.87. The van der Waals surface area contributed by atoms with Gasteiger partial charge in [0, 0.05) is 12.6 Å². The second-order valence-corrected chi connectivity index (χ2v) is 9.15. The molecule has 0 bridgehead atoms. The van der Waals surface area contributed by atoms with Crippen molar-refractivity contribution in [2.75, 3.05) is 16.7 Å². The lowest BCUT2D eigenvalue weighted by Crippen LogP contribution is -2.27. The van der Waals surface area contributed by atoms with E-state index in [-0.39, 0.29) is 15.5 Å². The van der Waals surface area contributed by atoms with E-state index in [9.17, 15) is 13.2 Å². The van der Waals surface area contributed by atoms with Gasteiger partial charge in [0.2, 0.25) is 0 Å². The number of sulfonamides is 1. The van der Waals surface area contributed by atoms with Gasteiger partial charge in [-0.1, -0.05) is 53.0 Å². The number of benzene rings is 3. The Morgan fingerprint density at radius 3 is 2.31 bits per heavy atom. The molecular formula is C21H18Cl2N2O3S. The van der Waals surface area contributed by atoms with Crippen LogP contribution >= 0.6 is 23.2 Å². The fraction of sp³-hybridized carbons (Fsp3) is 0.0952. The van der Waals surface area contributed by atoms with Crippen LogP contribution in [0.15, 0.2) is 71.6 Å². The molecule has 0 aliphatic carbocycles. The van der Waals surface area contributed by atoms with Gasteiger partial charge in [-0.05, 0) is 49.4 Å². The van der Waals surface area contributed by atoms with E-state index in [0.29, 0.717) is 16.4 Å². The zero-order valence-electron chi connectivity index (χ0n) is 15.7. The first-order valence-corrected chi connectivity index (χ1v) is 10.8. The molecule has 3 rings (SSSR count). The summed E-state index contributed by atoms with van der Waals surface area (Å²) < 4.78 is 26.9. The number of hydrogen-bond acceptors (Lipinski definition) is 3. The van der Waals surface area contributed by atoms with E-state index in [1.165, 1.54) is 13.1 Å². The van der Waals surface area contributed by atoms with E-state index < -0.39 is 15.9 Å². The summed E-state index contributed by atoms with van der Waals surface area (Å²) in [4.78, 5) is 12.8. The van der Waals surface area contributed by atoms with E-state index in [4.69, 9.17) is 23.2 Å². The first kappa shape index (κ1) is 21.2. The van der Waals surface area contributed by atoms with Crippen molar-refractivity contribution in [3.05, 3.63) is 87.9 Å². The van der Waals surface area contributed by atoms with Gasteiger partial charge in [0.15, 0.2) is 0 Å². The van der Waals surface area contributed by atoms with Gasteiger partial charge in [-0.3, -0.25) is 9.10 Å². The van der Waals surface area contributed by atoms with Crippen LogP contribution in [0.5, 0.6) is 0 Å². The zero-order chi connectivity index (χ0) is 21.2. The highest BCUT2D eigenvalue weighted by atomic mass is 35.5. The summed E-state index contributed by atoms with van der Waals surface area (Å²) in [5.74, 6) is -0.433. The van der Waals surface area contributed by atoms with Gasteiger partial charge in [-0.15, -0.1) is 0 Å². The third-order valence-electron chi connectivity index (χ3n) is 4.35. The summed E-state index contributed by atoms with van der Waals surface area (Å²) in [5.41, 5.74) is 1.97. The molecule has 29 heavy (non-hydrogen) atoms. The number of carbonyl (C=O) groups is 1. The Bertz CT molecular complexity index is 1160. The minimum Gasteiger partial charge on any atom is -0.321 e. The number of rotatable bonds is 5. The Morgan fingerprint density at radius 1 is 0.966 bits per heavy atom. The highest BCUT2D eigenvalue weighted by molar-refractivity contribution is 7.92. The molecule has 0 unspecified atom stereocenters. The molecule has 5 nitrogen and oxygen atoms in total. The van der Waals surface area contributed by atoms with Crippen molar-refractivity contribution < 1.29 is 13.2 Å². The molecule has 0 aromatic heterocycles. The quantitative estimate of drug-likeness (QED) is 0.569. The highest BCUT2D eigenvalue weighted by Gasteiger charge is 2.22. The predicted molar refractivity (Wildman–Crippen MR) is 118 cm³/mol. The molecule has 0 saturated carbocycles. The number of hydrogen-bond donors (Lipinski definition) is 1. The molecule has 0 aliphatic heterocycles. The molecule has 0 aliphatic rings. The maximum atomic E-state index is 12.9. The summed E-state index contributed by atoms with van der Waals surface area (Å²) >= 11 is 12.1. The van der Waals surface area contributed by atoms with Gasteiger partial charge in [-0.25, -0.2) is 8.42 Å². The number of aryl methyl sites for hydroxylation is 1. The number of amides is 1. The van der Waals surface area contributed by atoms with Crippen molar-refractivity contribution in [1.82, 2.24) is 0 Å². The highest BCUT2D eigenvalue weighted by Crippen LogP contribution is 2.30. The molecule has 150 valence electrons. The summed E-state index contributed by atoms with van der Waals surface area (Å²) in [6, 6.07) is 17.8. The van der Waals surface area contributed by atoms with Crippen LogP contribution in [-0.2, 0) is 10.0 Å². The normalized spacial score (nSPS) is 11.2. The molecule has 1 N–H and O–H groups in total. The van der Waals surface area contributed by atoms with Gasteiger partial charge < -0.3 is 5.32 Å². The van der Waals surface area contributed by atoms with E-state index in [1.54, 1.807) is 60.7 Å². The number of anilines is 2. The van der Waals surface area contributed by atoms with Gasteiger partial charge in [-0.2, -0.15) is 0 Å². The first-order chi connectivity index (χ1) is 13.7. The molecule has 3 aromatic rings. The maximum Gasteiger partial charge on any atom is 0.264 e. The van der Waals surface area contributed by atoms with Crippen LogP contribution in [0.4, 0.5) is 11.4 Å². The zero-order valence-corrected chi connectivity index (χ0v) is 18.0. The SMILES string of the molecule is Cc1ccc(S(=O)(=O)N(C)c2cccc(C(=O)Nc3cccc(Cl)c3Cl)c2)cc1. The Morgan fingerprint density at radius 2 is 1.62 bits per heavy atom. The minimum absolute atomic E-state index is 0.172. The molecule has 0 heterocycles. The Labute approximate surface area is 179 Å². The van der Waals surface area contributed by atoms with Crippen LogP contribution in [0.1, 0.15) is 15.9 Å². The predicted octanol–water partition coefficient (Wildman–Crippen LogP) is 5.38. The largest absolute Gasteiger partial charge is 0.321 e. The summed E-state index contributed by atoms with van der Waals surface area (Å²) in [7, 11) is -2.31. The summed E-state index contributed by atoms with van der Waals surface area (Å²) in [6.07, 6.45) is 0. The number of halogens is 2. The molecule has 0 spiro atoms. The third kappa shape index (κ3) is 4.56. The first-order valence-electron chi connectivity index (χ1n) is 8.61. The molecule has 0 radical (unpaired) electrons. The fourth-order valence-electron chi connectivity index (χ4n) is 2.64. The monoisotopic (exact) mass is 448 g/mol. The van der Waals surface area contributed by atoms with Gasteiger partial charge >= 0.3 is 0 Å². The van der Waals surface area contributed by atoms with Crippen LogP contribution in [0, 0.1) is 6.92 Å². The molecular weight excluding hydrogens is 431 g/mol. The molecule has 3 aromatic carbocycles. The van der Waals surface area contributed by atoms with E-state index in [1.807, 2.05) is 6.92 Å². The second-order valence-electron chi connectivity index (χ2n) is 6.39. The maximum absolute atomic E-state index is 12.9. The molecule has 0 atom stereocenters. The lowest BCUT2D eigenvalue weighted by atomic mass is 10.2. The number of nitrogens with one attached hydrogen (secondary N) is 1. The summed E-state index contributed by atoms with van der Waals surface area (Å²) in [5, 5.41) is 3.24. The van der Waals surface area contributed by atoms with E-state index >= 15 is 0 Å². The van der Waals surface area contributed by atoms with E-state index in [2.05, 4.69) is 5.32 Å². The second kappa shape index (κ2) is 8.45. The van der Waals surface area contributed by atoms with Crippen molar-refractivity contribution >= 4 is 50.5 Å². The van der Waals surface area contributed by atoms with Gasteiger partial charge in [0.1, 0.15) is 0 Å². The average molecular weight is 449 g/mol. The van der Waals surface area contributed by atoms with E-state index in [0.717, 1.165) is 9.87 Å². The number of nitrogens with zero attached hydrogens (tertiary/aromatic N) is 1. The van der Waals surface area contributed by atoms with Crippen LogP contribution in [0.25, 0.3) is 0 Å². The van der Waals surface area contributed by atoms with Crippen molar-refractivity contribution in [3.8, 4) is 0 Å². The average Bonchev–Trinajstić information content (AvgIpc) is 2.71. The van der Waals surface area contributed by atoms with Crippen molar-refractivity contribution in [2.45, 2.75) is 11.8 Å². The molecule has 0 fully saturated rings. The van der Waals surface area contributed by atoms with Crippen molar-refractivity contribution in [2.24, 2.45) is 0 Å². The molecule has 0 saturated heterocycles. The summed E-state index contributed by atoms with van der Waals surface area (Å²) in [6.45, 7) is 1.88. The third-order valence-corrected chi connectivity index (χ3v) is 6.97. The minimum atomic E-state index is -3.76. The standard InChI is InChI=1S/C21H18Cl2N2O3S/c1-14-9-11-17(12-10-14)29(27,28)25(2)16-6-3-5-15(13-16)21(26)24-19-8-4-7-18(22)20(19)23/h3-13H,1-2H3,(H,24,26). The molecule has 1 amide bonds. The van der Waals surface area contributed by atoms with Crippen LogP contribution in [0.3, 0.4) is 0 Å².